The van der Waals surface area contributed by atoms with Crippen LogP contribution >= 0.6 is 0 Å². The minimum atomic E-state index is -3.43. The number of anilines is 1. The van der Waals surface area contributed by atoms with Gasteiger partial charge in [-0.15, -0.1) is 0 Å². The van der Waals surface area contributed by atoms with Crippen LogP contribution in [0.15, 0.2) is 41.2 Å². The summed E-state index contributed by atoms with van der Waals surface area (Å²) in [6.45, 7) is 10.4. The molecular formula is C30H40F2N4O3. The van der Waals surface area contributed by atoms with E-state index in [1.165, 1.54) is 16.8 Å². The second-order valence-corrected chi connectivity index (χ2v) is 11.4. The van der Waals surface area contributed by atoms with E-state index in [-0.39, 0.29) is 17.0 Å². The Morgan fingerprint density at radius 3 is 2.36 bits per heavy atom. The van der Waals surface area contributed by atoms with Crippen molar-refractivity contribution in [2.24, 2.45) is 7.05 Å². The number of fused-ring (bicyclic) bond motifs is 1. The summed E-state index contributed by atoms with van der Waals surface area (Å²) in [6.07, 6.45) is 1.97. The third-order valence-corrected chi connectivity index (χ3v) is 7.97. The number of piperidine rings is 1. The number of hydrogen-bond donors (Lipinski definition) is 2. The Morgan fingerprint density at radius 1 is 1.10 bits per heavy atom. The molecule has 0 saturated carbocycles. The molecular weight excluding hydrogens is 502 g/mol. The van der Waals surface area contributed by atoms with Gasteiger partial charge in [0.15, 0.2) is 5.82 Å². The second-order valence-electron chi connectivity index (χ2n) is 11.4. The zero-order valence-electron chi connectivity index (χ0n) is 23.9. The third kappa shape index (κ3) is 5.65. The van der Waals surface area contributed by atoms with Crippen LogP contribution in [0.4, 0.5) is 14.6 Å². The first kappa shape index (κ1) is 29.0. The number of aryl methyl sites for hydroxylation is 1. The van der Waals surface area contributed by atoms with E-state index in [4.69, 9.17) is 4.74 Å². The highest BCUT2D eigenvalue weighted by atomic mass is 19.3. The molecule has 3 aromatic rings. The first-order chi connectivity index (χ1) is 18.2. The molecule has 0 bridgehead atoms. The third-order valence-electron chi connectivity index (χ3n) is 7.97. The molecule has 0 amide bonds. The number of ether oxygens (including phenoxy) is 1. The molecule has 1 fully saturated rings. The van der Waals surface area contributed by atoms with E-state index in [1.54, 1.807) is 32.4 Å². The van der Waals surface area contributed by atoms with Crippen LogP contribution in [0.1, 0.15) is 76.1 Å². The predicted octanol–water partition coefficient (Wildman–Crippen LogP) is 5.57. The van der Waals surface area contributed by atoms with Gasteiger partial charge in [-0.2, -0.15) is 13.9 Å². The average Bonchev–Trinajstić information content (AvgIpc) is 2.90. The Labute approximate surface area is 228 Å². The highest BCUT2D eigenvalue weighted by Crippen LogP contribution is 2.40. The molecule has 0 unspecified atom stereocenters. The summed E-state index contributed by atoms with van der Waals surface area (Å²) in [7, 11) is 3.21. The number of alkyl halides is 2. The fraction of sp³-hybridized carbons (Fsp3) is 0.533. The monoisotopic (exact) mass is 542 g/mol. The first-order valence-electron chi connectivity index (χ1n) is 13.5. The molecule has 4 rings (SSSR count). The van der Waals surface area contributed by atoms with Crippen LogP contribution in [0.3, 0.4) is 0 Å². The molecule has 39 heavy (non-hydrogen) atoms. The van der Waals surface area contributed by atoms with Crippen molar-refractivity contribution in [2.75, 3.05) is 25.5 Å². The zero-order chi connectivity index (χ0) is 28.7. The van der Waals surface area contributed by atoms with Crippen molar-refractivity contribution in [2.45, 2.75) is 77.0 Å². The van der Waals surface area contributed by atoms with Crippen LogP contribution < -0.4 is 15.6 Å². The fourth-order valence-electron chi connectivity index (χ4n) is 5.37. The maximum absolute atomic E-state index is 14.9. The van der Waals surface area contributed by atoms with Crippen LogP contribution in [0.25, 0.3) is 10.8 Å². The lowest BCUT2D eigenvalue weighted by Gasteiger charge is -2.35. The van der Waals surface area contributed by atoms with Crippen molar-refractivity contribution in [3.8, 4) is 5.75 Å². The molecule has 0 radical (unpaired) electrons. The molecule has 9 heteroatoms. The van der Waals surface area contributed by atoms with Crippen molar-refractivity contribution in [3.63, 3.8) is 0 Å². The van der Waals surface area contributed by atoms with Crippen LogP contribution in [-0.2, 0) is 13.0 Å². The number of aliphatic hydroxyl groups is 1. The van der Waals surface area contributed by atoms with Crippen molar-refractivity contribution < 1.29 is 18.6 Å². The van der Waals surface area contributed by atoms with Gasteiger partial charge in [-0.05, 0) is 95.8 Å². The van der Waals surface area contributed by atoms with Gasteiger partial charge in [0.05, 0.1) is 18.5 Å². The molecule has 1 atom stereocenters. The second kappa shape index (κ2) is 10.8. The largest absolute Gasteiger partial charge is 0.496 e. The van der Waals surface area contributed by atoms with E-state index < -0.39 is 17.6 Å². The van der Waals surface area contributed by atoms with E-state index in [0.717, 1.165) is 45.3 Å². The Bertz CT molecular complexity index is 1390. The van der Waals surface area contributed by atoms with E-state index in [1.807, 2.05) is 13.0 Å². The van der Waals surface area contributed by atoms with Gasteiger partial charge in [0.2, 0.25) is 0 Å². The average molecular weight is 543 g/mol. The molecule has 1 aromatic heterocycles. The number of nitrogens with zero attached hydrogens (tertiary/aromatic N) is 3. The minimum absolute atomic E-state index is 0.241. The maximum Gasteiger partial charge on any atom is 0.300 e. The summed E-state index contributed by atoms with van der Waals surface area (Å²) in [5.41, 5.74) is -1.06. The summed E-state index contributed by atoms with van der Waals surface area (Å²) in [5.74, 6) is -1.97. The number of likely N-dealkylation sites (tertiary alicyclic amines) is 1. The van der Waals surface area contributed by atoms with E-state index in [2.05, 4.69) is 29.2 Å². The van der Waals surface area contributed by atoms with Crippen LogP contribution in [0.5, 0.6) is 5.75 Å². The van der Waals surface area contributed by atoms with Crippen molar-refractivity contribution in [1.82, 2.24) is 14.7 Å². The van der Waals surface area contributed by atoms with Crippen molar-refractivity contribution >= 4 is 16.6 Å². The molecule has 2 N–H and O–H groups in total. The number of benzene rings is 2. The van der Waals surface area contributed by atoms with Gasteiger partial charge in [0.1, 0.15) is 11.4 Å². The topological polar surface area (TPSA) is 79.6 Å². The molecule has 1 aliphatic heterocycles. The lowest BCUT2D eigenvalue weighted by molar-refractivity contribution is -0.168. The van der Waals surface area contributed by atoms with Crippen LogP contribution in [0.2, 0.25) is 0 Å². The Balaban J connectivity index is 1.73. The number of nitrogens with one attached hydrogen (secondary N) is 1. The highest BCUT2D eigenvalue weighted by molar-refractivity contribution is 5.93. The molecule has 0 spiro atoms. The number of aromatic nitrogens is 2. The number of rotatable bonds is 8. The molecule has 212 valence electrons. The fourth-order valence-corrected chi connectivity index (χ4v) is 5.37. The summed E-state index contributed by atoms with van der Waals surface area (Å²) < 4.78 is 36.7. The van der Waals surface area contributed by atoms with Crippen molar-refractivity contribution in [1.29, 1.82) is 0 Å². The molecule has 0 aliphatic carbocycles. The standard InChI is InChI=1S/C30H40F2N4O3/c1-18(2)36-13-11-20(12-14-36)23-16-24-25(17-26(23)39-7)28(37)35(6)34-27(24)33-19(3)21-9-8-10-22(15-21)30(31,32)29(4,5)38/h8-10,15-20,38H,11-14H2,1-7H3,(H,33,34)/t19-/m1/s1. The molecule has 1 aliphatic rings. The van der Waals surface area contributed by atoms with Gasteiger partial charge in [-0.3, -0.25) is 4.79 Å². The van der Waals surface area contributed by atoms with Gasteiger partial charge in [-0.1, -0.05) is 18.2 Å². The van der Waals surface area contributed by atoms with E-state index >= 15 is 0 Å². The summed E-state index contributed by atoms with van der Waals surface area (Å²) in [5, 5.41) is 19.0. The van der Waals surface area contributed by atoms with E-state index in [9.17, 15) is 18.7 Å². The van der Waals surface area contributed by atoms with Crippen molar-refractivity contribution in [3.05, 3.63) is 63.4 Å². The molecule has 2 aromatic carbocycles. The van der Waals surface area contributed by atoms with Gasteiger partial charge in [0, 0.05) is 24.0 Å². The SMILES string of the molecule is COc1cc2c(=O)n(C)nc(N[C@H](C)c3cccc(C(F)(F)C(C)(C)O)c3)c2cc1C1CCN(C(C)C)CC1. The Kier molecular flexibility index (Phi) is 8.06. The van der Waals surface area contributed by atoms with Crippen LogP contribution in [0, 0.1) is 0 Å². The first-order valence-corrected chi connectivity index (χ1v) is 13.5. The maximum atomic E-state index is 14.9. The van der Waals surface area contributed by atoms with Gasteiger partial charge >= 0.3 is 5.92 Å². The van der Waals surface area contributed by atoms with E-state index in [0.29, 0.717) is 33.9 Å². The Hall–Kier alpha value is -3.04. The molecule has 7 nitrogen and oxygen atoms in total. The van der Waals surface area contributed by atoms with Gasteiger partial charge in [0.25, 0.3) is 5.56 Å². The molecule has 2 heterocycles. The predicted molar refractivity (Wildman–Crippen MR) is 151 cm³/mol. The molecule has 1 saturated heterocycles. The van der Waals surface area contributed by atoms with Gasteiger partial charge in [-0.25, -0.2) is 4.68 Å². The summed E-state index contributed by atoms with van der Waals surface area (Å²) in [4.78, 5) is 15.5. The van der Waals surface area contributed by atoms with Crippen LogP contribution in [-0.4, -0.2) is 51.6 Å². The van der Waals surface area contributed by atoms with Gasteiger partial charge < -0.3 is 20.1 Å². The number of methoxy groups -OCH3 is 1. The Morgan fingerprint density at radius 2 is 1.77 bits per heavy atom. The lowest BCUT2D eigenvalue weighted by Crippen LogP contribution is -2.40. The number of halogens is 2. The smallest absolute Gasteiger partial charge is 0.300 e. The number of hydrogen-bond acceptors (Lipinski definition) is 6. The summed E-state index contributed by atoms with van der Waals surface area (Å²) >= 11 is 0. The highest BCUT2D eigenvalue weighted by Gasteiger charge is 2.47. The minimum Gasteiger partial charge on any atom is -0.496 e. The normalized spacial score (nSPS) is 16.6. The lowest BCUT2D eigenvalue weighted by atomic mass is 9.87. The quantitative estimate of drug-likeness (QED) is 0.388. The zero-order valence-corrected chi connectivity index (χ0v) is 23.9. The summed E-state index contributed by atoms with van der Waals surface area (Å²) in [6, 6.07) is 9.92.